The molecule has 0 radical (unpaired) electrons. The van der Waals surface area contributed by atoms with Gasteiger partial charge in [-0.2, -0.15) is 0 Å². The molecule has 0 aromatic heterocycles. The number of unbranched alkanes of at least 4 members (excludes halogenated alkanes) is 4. The summed E-state index contributed by atoms with van der Waals surface area (Å²) >= 11 is 6.55. The van der Waals surface area contributed by atoms with Gasteiger partial charge in [-0.25, -0.2) is 0 Å². The van der Waals surface area contributed by atoms with Crippen LogP contribution in [0.4, 0.5) is 17.1 Å². The van der Waals surface area contributed by atoms with E-state index in [0.717, 1.165) is 59.7 Å². The van der Waals surface area contributed by atoms with E-state index in [1.54, 1.807) is 19.2 Å². The summed E-state index contributed by atoms with van der Waals surface area (Å²) in [4.78, 5) is 73.0. The number of carbonyl (C=O) groups excluding carboxylic acids is 5. The number of nitrogens with one attached hydrogen (secondary N) is 1. The summed E-state index contributed by atoms with van der Waals surface area (Å²) in [5.74, 6) is 1.37. The number of rotatable bonds is 19. The quantitative estimate of drug-likeness (QED) is 0.0558. The van der Waals surface area contributed by atoms with Crippen LogP contribution in [0.3, 0.4) is 0 Å². The number of benzene rings is 4. The average Bonchev–Trinajstić information content (AvgIpc) is 3.97. The molecule has 1 N–H and O–H groups in total. The van der Waals surface area contributed by atoms with E-state index in [4.69, 9.17) is 30.8 Å². The number of hydrogen-bond donors (Lipinski definition) is 1. The minimum Gasteiger partial charge on any atom is -0.493 e. The van der Waals surface area contributed by atoms with E-state index in [1.165, 1.54) is 17.1 Å². The SMILES string of the molecule is COc1cc2c(cc1OCCCCCC(=O)N1C[C@@H](CCl)c3c1cc(OCc1ccc(NC(=O)CCCCCN4C(=O)C=CC4=O)cc1)c1ccccc31)N=C[C@]1(C)CCCN1C2=O. The largest absolute Gasteiger partial charge is 0.493 e. The van der Waals surface area contributed by atoms with Crippen molar-refractivity contribution in [3.05, 3.63) is 95.6 Å². The van der Waals surface area contributed by atoms with Gasteiger partial charge in [-0.1, -0.05) is 42.8 Å². The molecule has 4 aliphatic rings. The zero-order valence-corrected chi connectivity index (χ0v) is 37.2. The number of imide groups is 1. The first-order valence-electron chi connectivity index (χ1n) is 22.3. The summed E-state index contributed by atoms with van der Waals surface area (Å²) in [6.07, 6.45) is 11.2. The van der Waals surface area contributed by atoms with Gasteiger partial charge in [0.15, 0.2) is 11.5 Å². The van der Waals surface area contributed by atoms with Crippen molar-refractivity contribution in [2.75, 3.05) is 49.4 Å². The van der Waals surface area contributed by atoms with Gasteiger partial charge < -0.3 is 29.3 Å². The van der Waals surface area contributed by atoms with Crippen LogP contribution in [0.25, 0.3) is 10.8 Å². The molecule has 14 heteroatoms. The van der Waals surface area contributed by atoms with Crippen LogP contribution in [0.2, 0.25) is 0 Å². The van der Waals surface area contributed by atoms with E-state index in [9.17, 15) is 24.0 Å². The molecule has 13 nitrogen and oxygen atoms in total. The number of nitrogens with zero attached hydrogens (tertiary/aromatic N) is 4. The molecule has 1 fully saturated rings. The fourth-order valence-electron chi connectivity index (χ4n) is 9.13. The molecule has 8 rings (SSSR count). The Morgan fingerprint density at radius 3 is 2.38 bits per heavy atom. The van der Waals surface area contributed by atoms with Crippen LogP contribution in [-0.2, 0) is 25.8 Å². The monoisotopic (exact) mass is 887 g/mol. The van der Waals surface area contributed by atoms with E-state index in [0.29, 0.717) is 98.4 Å². The fourth-order valence-corrected chi connectivity index (χ4v) is 9.38. The van der Waals surface area contributed by atoms with Crippen LogP contribution in [-0.4, -0.2) is 90.3 Å². The third-order valence-corrected chi connectivity index (χ3v) is 13.0. The molecular formula is C50H54ClN5O8. The summed E-state index contributed by atoms with van der Waals surface area (Å²) in [5, 5.41) is 4.90. The number of fused-ring (bicyclic) bond motifs is 5. The third kappa shape index (κ3) is 9.50. The zero-order valence-electron chi connectivity index (χ0n) is 36.4. The van der Waals surface area contributed by atoms with Gasteiger partial charge in [0.05, 0.1) is 36.2 Å². The van der Waals surface area contributed by atoms with E-state index in [-0.39, 0.29) is 42.1 Å². The highest BCUT2D eigenvalue weighted by Crippen LogP contribution is 2.46. The molecule has 4 aliphatic heterocycles. The maximum absolute atomic E-state index is 13.9. The van der Waals surface area contributed by atoms with E-state index in [1.807, 2.05) is 64.5 Å². The molecule has 0 spiro atoms. The number of aliphatic imine (C=N–C) groups is 1. The smallest absolute Gasteiger partial charge is 0.256 e. The molecule has 2 atom stereocenters. The lowest BCUT2D eigenvalue weighted by molar-refractivity contribution is -0.137. The van der Waals surface area contributed by atoms with Gasteiger partial charge in [-0.05, 0) is 86.6 Å². The van der Waals surface area contributed by atoms with Crippen LogP contribution < -0.4 is 24.4 Å². The molecule has 4 aromatic carbocycles. The van der Waals surface area contributed by atoms with Crippen molar-refractivity contribution < 1.29 is 38.2 Å². The van der Waals surface area contributed by atoms with Crippen LogP contribution in [0.5, 0.6) is 17.2 Å². The molecular weight excluding hydrogens is 834 g/mol. The topological polar surface area (TPSA) is 147 Å². The molecule has 0 bridgehead atoms. The molecule has 64 heavy (non-hydrogen) atoms. The highest BCUT2D eigenvalue weighted by Gasteiger charge is 2.41. The zero-order chi connectivity index (χ0) is 44.8. The Balaban J connectivity index is 0.832. The summed E-state index contributed by atoms with van der Waals surface area (Å²) in [5.41, 5.74) is 4.18. The molecule has 5 amide bonds. The minimum absolute atomic E-state index is 0.0188. The van der Waals surface area contributed by atoms with E-state index < -0.39 is 5.54 Å². The van der Waals surface area contributed by atoms with Crippen molar-refractivity contribution >= 4 is 75.2 Å². The van der Waals surface area contributed by atoms with E-state index in [2.05, 4.69) is 18.3 Å². The van der Waals surface area contributed by atoms with Crippen molar-refractivity contribution in [1.29, 1.82) is 0 Å². The first-order valence-corrected chi connectivity index (χ1v) is 22.8. The molecule has 0 unspecified atom stereocenters. The lowest BCUT2D eigenvalue weighted by Gasteiger charge is -2.30. The number of alkyl halides is 1. The van der Waals surface area contributed by atoms with Crippen LogP contribution >= 0.6 is 11.6 Å². The number of hydrogen-bond acceptors (Lipinski definition) is 9. The average molecular weight is 888 g/mol. The molecule has 0 aliphatic carbocycles. The minimum atomic E-state index is -0.391. The maximum Gasteiger partial charge on any atom is 0.256 e. The second-order valence-corrected chi connectivity index (χ2v) is 17.4. The summed E-state index contributed by atoms with van der Waals surface area (Å²) < 4.78 is 18.2. The van der Waals surface area contributed by atoms with Gasteiger partial charge in [0.25, 0.3) is 17.7 Å². The van der Waals surface area contributed by atoms with Gasteiger partial charge in [0.2, 0.25) is 11.8 Å². The Morgan fingerprint density at radius 1 is 0.859 bits per heavy atom. The lowest BCUT2D eigenvalue weighted by Crippen LogP contribution is -2.45. The second-order valence-electron chi connectivity index (χ2n) is 17.1. The number of halogens is 1. The Kier molecular flexibility index (Phi) is 13.6. The van der Waals surface area contributed by atoms with Crippen molar-refractivity contribution in [3.63, 3.8) is 0 Å². The molecule has 334 valence electrons. The van der Waals surface area contributed by atoms with Crippen molar-refractivity contribution in [2.45, 2.75) is 89.2 Å². The number of amides is 5. The molecule has 4 aromatic rings. The number of methoxy groups -OCH3 is 1. The van der Waals surface area contributed by atoms with Crippen molar-refractivity contribution in [1.82, 2.24) is 9.80 Å². The third-order valence-electron chi connectivity index (χ3n) is 12.6. The Morgan fingerprint density at radius 2 is 1.61 bits per heavy atom. The molecule has 0 saturated carbocycles. The standard InChI is InChI=1S/C50H54ClN5O8/c1-50-22-11-24-56(50)49(61)38-26-42(62-2)43(27-39(38)52-32-50)63-25-10-4-6-15-45(58)55-30-34(29-51)48-37-13-8-7-12-36(37)41(28-40(48)55)64-31-33-16-18-35(19-17-33)53-44(57)14-5-3-9-23-54-46(59)20-21-47(54)60/h7-8,12-13,16-21,26-28,32,34H,3-6,9-11,14-15,22-25,29-31H2,1-2H3,(H,53,57)/t34-,50+/m1/s1. The Labute approximate surface area is 378 Å². The predicted octanol–water partition coefficient (Wildman–Crippen LogP) is 8.87. The first kappa shape index (κ1) is 44.4. The van der Waals surface area contributed by atoms with Gasteiger partial charge in [0.1, 0.15) is 12.4 Å². The van der Waals surface area contributed by atoms with Crippen LogP contribution in [0, 0.1) is 0 Å². The number of anilines is 2. The number of carbonyl (C=O) groups is 5. The predicted molar refractivity (Wildman–Crippen MR) is 247 cm³/mol. The van der Waals surface area contributed by atoms with Crippen molar-refractivity contribution in [3.8, 4) is 17.2 Å². The molecule has 1 saturated heterocycles. The van der Waals surface area contributed by atoms with E-state index >= 15 is 0 Å². The Hall–Kier alpha value is -6.21. The van der Waals surface area contributed by atoms with Gasteiger partial charge >= 0.3 is 0 Å². The van der Waals surface area contributed by atoms with Crippen LogP contribution in [0.15, 0.2) is 83.9 Å². The molecule has 4 heterocycles. The van der Waals surface area contributed by atoms with Gasteiger partial charge in [-0.3, -0.25) is 33.9 Å². The first-order chi connectivity index (χ1) is 31.1. The Bertz CT molecular complexity index is 2490. The highest BCUT2D eigenvalue weighted by atomic mass is 35.5. The number of ether oxygens (including phenoxy) is 3. The maximum atomic E-state index is 13.9. The second kappa shape index (κ2) is 19.7. The summed E-state index contributed by atoms with van der Waals surface area (Å²) in [6, 6.07) is 21.1. The van der Waals surface area contributed by atoms with Crippen molar-refractivity contribution in [2.24, 2.45) is 4.99 Å². The van der Waals surface area contributed by atoms with Gasteiger partial charge in [-0.15, -0.1) is 11.6 Å². The lowest BCUT2D eigenvalue weighted by atomic mass is 9.95. The highest BCUT2D eigenvalue weighted by molar-refractivity contribution is 6.19. The normalized spacial score (nSPS) is 18.6. The summed E-state index contributed by atoms with van der Waals surface area (Å²) in [6.45, 7) is 4.32. The van der Waals surface area contributed by atoms with Crippen LogP contribution in [0.1, 0.15) is 98.5 Å². The fraction of sp³-hybridized carbons (Fsp3) is 0.400. The summed E-state index contributed by atoms with van der Waals surface area (Å²) in [7, 11) is 1.57. The van der Waals surface area contributed by atoms with Gasteiger partial charge in [0, 0.05) is 85.8 Å².